The van der Waals surface area contributed by atoms with Crippen LogP contribution in [0, 0.1) is 17.2 Å². The molecule has 1 aromatic heterocycles. The highest BCUT2D eigenvalue weighted by Gasteiger charge is 2.31. The lowest BCUT2D eigenvalue weighted by Crippen LogP contribution is -2.12. The summed E-state index contributed by atoms with van der Waals surface area (Å²) >= 11 is 0. The van der Waals surface area contributed by atoms with Crippen LogP contribution in [0.1, 0.15) is 44.1 Å². The van der Waals surface area contributed by atoms with Crippen molar-refractivity contribution < 1.29 is 0 Å². The Labute approximate surface area is 89.9 Å². The first-order chi connectivity index (χ1) is 7.27. The predicted octanol–water partition coefficient (Wildman–Crippen LogP) is 1.88. The van der Waals surface area contributed by atoms with Crippen molar-refractivity contribution in [1.29, 1.82) is 5.26 Å². The number of hydrogen-bond donors (Lipinski definition) is 0. The Morgan fingerprint density at radius 2 is 2.33 bits per heavy atom. The van der Waals surface area contributed by atoms with Gasteiger partial charge >= 0.3 is 0 Å². The molecule has 0 saturated heterocycles. The van der Waals surface area contributed by atoms with Crippen LogP contribution in [0.5, 0.6) is 0 Å². The topological polar surface area (TPSA) is 54.5 Å². The van der Waals surface area contributed by atoms with Crippen molar-refractivity contribution in [2.75, 3.05) is 0 Å². The Hall–Kier alpha value is -1.37. The molecule has 0 aliphatic heterocycles. The Balaban J connectivity index is 2.26. The quantitative estimate of drug-likeness (QED) is 0.752. The van der Waals surface area contributed by atoms with Gasteiger partial charge in [-0.15, -0.1) is 5.10 Å². The van der Waals surface area contributed by atoms with Crippen molar-refractivity contribution in [2.45, 2.75) is 45.6 Å². The molecule has 1 atom stereocenters. The summed E-state index contributed by atoms with van der Waals surface area (Å²) in [5, 5.41) is 17.0. The van der Waals surface area contributed by atoms with E-state index in [0.29, 0.717) is 12.5 Å². The van der Waals surface area contributed by atoms with Crippen LogP contribution >= 0.6 is 0 Å². The number of nitrogens with zero attached hydrogens (tertiary/aromatic N) is 4. The molecule has 2 rings (SSSR count). The molecule has 1 unspecified atom stereocenters. The minimum Gasteiger partial charge on any atom is -0.246 e. The summed E-state index contributed by atoms with van der Waals surface area (Å²) in [6.45, 7) is 4.29. The molecule has 0 spiro atoms. The van der Waals surface area contributed by atoms with Gasteiger partial charge in [0, 0.05) is 0 Å². The highest BCUT2D eigenvalue weighted by molar-refractivity contribution is 5.15. The number of nitriles is 1. The number of rotatable bonds is 4. The van der Waals surface area contributed by atoms with Crippen molar-refractivity contribution in [3.8, 4) is 6.07 Å². The fourth-order valence-corrected chi connectivity index (χ4v) is 2.03. The van der Waals surface area contributed by atoms with Crippen LogP contribution in [0.3, 0.4) is 0 Å². The summed E-state index contributed by atoms with van der Waals surface area (Å²) in [6.07, 6.45) is 3.89. The van der Waals surface area contributed by atoms with E-state index in [2.05, 4.69) is 30.2 Å². The molecule has 0 amide bonds. The van der Waals surface area contributed by atoms with Crippen LogP contribution in [0.15, 0.2) is 0 Å². The molecule has 1 saturated carbocycles. The summed E-state index contributed by atoms with van der Waals surface area (Å²) in [5.41, 5.74) is 1.99. The van der Waals surface area contributed by atoms with Crippen LogP contribution in [-0.4, -0.2) is 15.0 Å². The molecule has 4 heteroatoms. The largest absolute Gasteiger partial charge is 0.246 e. The lowest BCUT2D eigenvalue weighted by Gasteiger charge is -2.13. The minimum absolute atomic E-state index is 0.376. The second-order valence-electron chi connectivity index (χ2n) is 4.19. The normalized spacial score (nSPS) is 17.4. The first-order valence-corrected chi connectivity index (χ1v) is 5.57. The fourth-order valence-electron chi connectivity index (χ4n) is 2.03. The second kappa shape index (κ2) is 4.01. The maximum absolute atomic E-state index is 8.68. The van der Waals surface area contributed by atoms with Crippen LogP contribution in [0.25, 0.3) is 0 Å². The first kappa shape index (κ1) is 10.2. The summed E-state index contributed by atoms with van der Waals surface area (Å²) in [7, 11) is 0. The molecular formula is C11H16N4. The average molecular weight is 204 g/mol. The second-order valence-corrected chi connectivity index (χ2v) is 4.19. The summed E-state index contributed by atoms with van der Waals surface area (Å²) in [5.74, 6) is 0.770. The van der Waals surface area contributed by atoms with Gasteiger partial charge in [-0.3, -0.25) is 0 Å². The van der Waals surface area contributed by atoms with Gasteiger partial charge in [-0.1, -0.05) is 12.1 Å². The zero-order valence-electron chi connectivity index (χ0n) is 9.27. The third kappa shape index (κ3) is 1.87. The molecule has 0 aromatic carbocycles. The van der Waals surface area contributed by atoms with E-state index in [1.165, 1.54) is 12.8 Å². The van der Waals surface area contributed by atoms with Gasteiger partial charge in [-0.2, -0.15) is 5.26 Å². The fraction of sp³-hybridized carbons (Fsp3) is 0.727. The SMILES string of the molecule is CCc1c(CC#N)nnn1C(C)C1CC1. The van der Waals surface area contributed by atoms with Crippen LogP contribution in [0.2, 0.25) is 0 Å². The molecule has 1 aliphatic rings. The van der Waals surface area contributed by atoms with E-state index in [1.807, 2.05) is 4.68 Å². The summed E-state index contributed by atoms with van der Waals surface area (Å²) < 4.78 is 2.02. The average Bonchev–Trinajstić information content (AvgIpc) is 3.00. The molecule has 4 nitrogen and oxygen atoms in total. The van der Waals surface area contributed by atoms with Gasteiger partial charge in [0.05, 0.1) is 29.9 Å². The highest BCUT2D eigenvalue weighted by Crippen LogP contribution is 2.39. The Bertz CT molecular complexity index is 384. The molecule has 15 heavy (non-hydrogen) atoms. The zero-order chi connectivity index (χ0) is 10.8. The van der Waals surface area contributed by atoms with Gasteiger partial charge in [0.1, 0.15) is 0 Å². The van der Waals surface area contributed by atoms with Crippen molar-refractivity contribution in [3.05, 3.63) is 11.4 Å². The van der Waals surface area contributed by atoms with E-state index in [9.17, 15) is 0 Å². The molecular weight excluding hydrogens is 188 g/mol. The van der Waals surface area contributed by atoms with Crippen molar-refractivity contribution in [2.24, 2.45) is 5.92 Å². The van der Waals surface area contributed by atoms with Gasteiger partial charge in [0.15, 0.2) is 0 Å². The van der Waals surface area contributed by atoms with Crippen LogP contribution in [0.4, 0.5) is 0 Å². The van der Waals surface area contributed by atoms with E-state index in [1.54, 1.807) is 0 Å². The summed E-state index contributed by atoms with van der Waals surface area (Å²) in [4.78, 5) is 0. The van der Waals surface area contributed by atoms with Gasteiger partial charge in [-0.05, 0) is 32.1 Å². The standard InChI is InChI=1S/C11H16N4/c1-3-11-10(6-7-12)13-14-15(11)8(2)9-4-5-9/h8-9H,3-6H2,1-2H3. The van der Waals surface area contributed by atoms with Gasteiger partial charge in [-0.25, -0.2) is 4.68 Å². The van der Waals surface area contributed by atoms with E-state index >= 15 is 0 Å². The molecule has 1 aliphatic carbocycles. The predicted molar refractivity (Wildman–Crippen MR) is 56.2 cm³/mol. The third-order valence-corrected chi connectivity index (χ3v) is 3.14. The molecule has 1 heterocycles. The maximum Gasteiger partial charge on any atom is 0.0999 e. The van der Waals surface area contributed by atoms with Gasteiger partial charge < -0.3 is 0 Å². The Morgan fingerprint density at radius 1 is 1.60 bits per heavy atom. The van der Waals surface area contributed by atoms with E-state index < -0.39 is 0 Å². The molecule has 0 radical (unpaired) electrons. The Morgan fingerprint density at radius 3 is 2.87 bits per heavy atom. The van der Waals surface area contributed by atoms with Gasteiger partial charge in [0.25, 0.3) is 0 Å². The lowest BCUT2D eigenvalue weighted by atomic mass is 10.1. The van der Waals surface area contributed by atoms with Crippen LogP contribution in [-0.2, 0) is 12.8 Å². The van der Waals surface area contributed by atoms with E-state index in [0.717, 1.165) is 23.7 Å². The van der Waals surface area contributed by atoms with Crippen LogP contribution < -0.4 is 0 Å². The summed E-state index contributed by atoms with van der Waals surface area (Å²) in [6, 6.07) is 2.58. The smallest absolute Gasteiger partial charge is 0.0999 e. The van der Waals surface area contributed by atoms with Crippen molar-refractivity contribution in [1.82, 2.24) is 15.0 Å². The van der Waals surface area contributed by atoms with E-state index in [-0.39, 0.29) is 0 Å². The lowest BCUT2D eigenvalue weighted by molar-refractivity contribution is 0.416. The van der Waals surface area contributed by atoms with Crippen molar-refractivity contribution in [3.63, 3.8) is 0 Å². The maximum atomic E-state index is 8.68. The first-order valence-electron chi connectivity index (χ1n) is 5.57. The zero-order valence-corrected chi connectivity index (χ0v) is 9.27. The highest BCUT2D eigenvalue weighted by atomic mass is 15.4. The van der Waals surface area contributed by atoms with Gasteiger partial charge in [0.2, 0.25) is 0 Å². The molecule has 80 valence electrons. The molecule has 1 fully saturated rings. The third-order valence-electron chi connectivity index (χ3n) is 3.14. The number of hydrogen-bond acceptors (Lipinski definition) is 3. The van der Waals surface area contributed by atoms with E-state index in [4.69, 9.17) is 5.26 Å². The molecule has 0 N–H and O–H groups in total. The Kier molecular flexibility index (Phi) is 2.72. The molecule has 0 bridgehead atoms. The van der Waals surface area contributed by atoms with Crippen molar-refractivity contribution >= 4 is 0 Å². The molecule has 1 aromatic rings. The number of aromatic nitrogens is 3. The monoisotopic (exact) mass is 204 g/mol. The minimum atomic E-state index is 0.376.